The van der Waals surface area contributed by atoms with Gasteiger partial charge in [0.1, 0.15) is 6.61 Å². The van der Waals surface area contributed by atoms with E-state index in [2.05, 4.69) is 10.6 Å². The van der Waals surface area contributed by atoms with Gasteiger partial charge in [-0.1, -0.05) is 17.7 Å². The number of amides is 1. The van der Waals surface area contributed by atoms with Crippen molar-refractivity contribution in [2.24, 2.45) is 0 Å². The van der Waals surface area contributed by atoms with E-state index in [1.807, 2.05) is 0 Å². The van der Waals surface area contributed by atoms with Crippen molar-refractivity contribution in [1.82, 2.24) is 5.32 Å². The molecule has 2 N–H and O–H groups in total. The summed E-state index contributed by atoms with van der Waals surface area (Å²) in [6.07, 6.45) is 0. The summed E-state index contributed by atoms with van der Waals surface area (Å²) < 4.78 is 15.4. The number of nitrogens with one attached hydrogen (secondary N) is 2. The minimum absolute atomic E-state index is 0. The lowest BCUT2D eigenvalue weighted by atomic mass is 10.3. The fourth-order valence-electron chi connectivity index (χ4n) is 1.55. The van der Waals surface area contributed by atoms with Crippen LogP contribution in [0.15, 0.2) is 18.2 Å². The van der Waals surface area contributed by atoms with Crippen molar-refractivity contribution in [3.8, 4) is 5.75 Å². The monoisotopic (exact) mass is 352 g/mol. The average molecular weight is 353 g/mol. The molecule has 6 nitrogen and oxygen atoms in total. The van der Waals surface area contributed by atoms with E-state index in [1.54, 1.807) is 32.4 Å². The van der Waals surface area contributed by atoms with Crippen LogP contribution in [0.25, 0.3) is 0 Å². The molecule has 22 heavy (non-hydrogen) atoms. The zero-order chi connectivity index (χ0) is 15.5. The summed E-state index contributed by atoms with van der Waals surface area (Å²) >= 11 is 6.09. The van der Waals surface area contributed by atoms with Crippen LogP contribution in [-0.2, 0) is 14.3 Å². The number of hydrogen-bond acceptors (Lipinski definition) is 5. The highest BCUT2D eigenvalue weighted by atomic mass is 35.5. The summed E-state index contributed by atoms with van der Waals surface area (Å²) in [4.78, 5) is 11.8. The van der Waals surface area contributed by atoms with Gasteiger partial charge in [-0.2, -0.15) is 0 Å². The Labute approximate surface area is 141 Å². The second-order valence-corrected chi connectivity index (χ2v) is 4.58. The third kappa shape index (κ3) is 7.82. The van der Waals surface area contributed by atoms with Crippen molar-refractivity contribution in [1.29, 1.82) is 0 Å². The van der Waals surface area contributed by atoms with Crippen LogP contribution in [0.4, 0.5) is 5.69 Å². The standard InChI is InChI=1S/C14H21ClN2O4.ClH/c1-19-7-6-16-10-13(18)17-12-5-3-4-11(15)14(12)21-9-8-20-2;/h3-5,16H,6-10H2,1-2H3,(H,17,18);1H. The molecule has 0 aliphatic carbocycles. The number of benzene rings is 1. The maximum atomic E-state index is 11.8. The second-order valence-electron chi connectivity index (χ2n) is 4.18. The van der Waals surface area contributed by atoms with Crippen molar-refractivity contribution in [2.75, 3.05) is 52.4 Å². The molecule has 0 saturated carbocycles. The number of para-hydroxylation sites is 1. The molecule has 1 aromatic rings. The van der Waals surface area contributed by atoms with E-state index in [1.165, 1.54) is 0 Å². The second kappa shape index (κ2) is 12.5. The minimum atomic E-state index is -0.176. The number of anilines is 1. The Bertz CT molecular complexity index is 447. The van der Waals surface area contributed by atoms with E-state index in [-0.39, 0.29) is 24.9 Å². The Hall–Kier alpha value is -1.05. The van der Waals surface area contributed by atoms with Crippen LogP contribution in [-0.4, -0.2) is 53.0 Å². The lowest BCUT2D eigenvalue weighted by molar-refractivity contribution is -0.115. The number of methoxy groups -OCH3 is 2. The predicted molar refractivity (Wildman–Crippen MR) is 89.4 cm³/mol. The molecule has 0 spiro atoms. The van der Waals surface area contributed by atoms with Crippen molar-refractivity contribution >= 4 is 35.6 Å². The van der Waals surface area contributed by atoms with Crippen molar-refractivity contribution in [2.45, 2.75) is 0 Å². The number of ether oxygens (including phenoxy) is 3. The number of hydrogen-bond donors (Lipinski definition) is 2. The first-order valence-electron chi connectivity index (χ1n) is 6.58. The van der Waals surface area contributed by atoms with Gasteiger partial charge in [0, 0.05) is 20.8 Å². The number of rotatable bonds is 10. The van der Waals surface area contributed by atoms with E-state index in [9.17, 15) is 4.79 Å². The van der Waals surface area contributed by atoms with Crippen LogP contribution in [0.5, 0.6) is 5.75 Å². The number of halogens is 2. The van der Waals surface area contributed by atoms with Gasteiger partial charge in [0.2, 0.25) is 5.91 Å². The molecular formula is C14H22Cl2N2O4. The minimum Gasteiger partial charge on any atom is -0.487 e. The van der Waals surface area contributed by atoms with Gasteiger partial charge >= 0.3 is 0 Å². The Balaban J connectivity index is 0.00000441. The lowest BCUT2D eigenvalue weighted by Gasteiger charge is -2.14. The topological polar surface area (TPSA) is 68.8 Å². The molecule has 0 fully saturated rings. The molecule has 0 aromatic heterocycles. The Morgan fingerprint density at radius 1 is 1.18 bits per heavy atom. The summed E-state index contributed by atoms with van der Waals surface area (Å²) in [7, 11) is 3.20. The number of carbonyl (C=O) groups excluding carboxylic acids is 1. The van der Waals surface area contributed by atoms with Gasteiger partial charge in [-0.25, -0.2) is 0 Å². The fourth-order valence-corrected chi connectivity index (χ4v) is 1.78. The van der Waals surface area contributed by atoms with Gasteiger partial charge in [-0.15, -0.1) is 12.4 Å². The highest BCUT2D eigenvalue weighted by Crippen LogP contribution is 2.32. The van der Waals surface area contributed by atoms with Gasteiger partial charge in [0.15, 0.2) is 5.75 Å². The molecule has 0 saturated heterocycles. The summed E-state index contributed by atoms with van der Waals surface area (Å²) in [5, 5.41) is 6.17. The molecule has 0 unspecified atom stereocenters. The summed E-state index contributed by atoms with van der Waals surface area (Å²) in [6, 6.07) is 5.19. The van der Waals surface area contributed by atoms with Crippen LogP contribution in [0.3, 0.4) is 0 Å². The van der Waals surface area contributed by atoms with E-state index in [0.717, 1.165) is 0 Å². The zero-order valence-corrected chi connectivity index (χ0v) is 14.3. The maximum absolute atomic E-state index is 11.8. The molecule has 0 atom stereocenters. The maximum Gasteiger partial charge on any atom is 0.238 e. The largest absolute Gasteiger partial charge is 0.487 e. The molecule has 0 bridgehead atoms. The molecule has 0 heterocycles. The van der Waals surface area contributed by atoms with Gasteiger partial charge in [-0.3, -0.25) is 4.79 Å². The van der Waals surface area contributed by atoms with Crippen molar-refractivity contribution in [3.63, 3.8) is 0 Å². The SMILES string of the molecule is COCCNCC(=O)Nc1cccc(Cl)c1OCCOC.Cl. The molecule has 8 heteroatoms. The van der Waals surface area contributed by atoms with Crippen LogP contribution >= 0.6 is 24.0 Å². The van der Waals surface area contributed by atoms with E-state index < -0.39 is 0 Å². The Morgan fingerprint density at radius 2 is 1.91 bits per heavy atom. The molecular weight excluding hydrogens is 331 g/mol. The highest BCUT2D eigenvalue weighted by Gasteiger charge is 2.11. The van der Waals surface area contributed by atoms with Crippen LogP contribution in [0, 0.1) is 0 Å². The van der Waals surface area contributed by atoms with Gasteiger partial charge in [0.25, 0.3) is 0 Å². The predicted octanol–water partition coefficient (Wildman–Crippen LogP) is 1.96. The molecule has 0 aliphatic rings. The lowest BCUT2D eigenvalue weighted by Crippen LogP contribution is -2.30. The average Bonchev–Trinajstić information content (AvgIpc) is 2.46. The fraction of sp³-hybridized carbons (Fsp3) is 0.500. The van der Waals surface area contributed by atoms with E-state index in [4.69, 9.17) is 25.8 Å². The van der Waals surface area contributed by atoms with E-state index in [0.29, 0.717) is 42.8 Å². The normalized spacial score (nSPS) is 9.95. The smallest absolute Gasteiger partial charge is 0.238 e. The highest BCUT2D eigenvalue weighted by molar-refractivity contribution is 6.32. The van der Waals surface area contributed by atoms with E-state index >= 15 is 0 Å². The summed E-state index contributed by atoms with van der Waals surface area (Å²) in [5.74, 6) is 0.270. The van der Waals surface area contributed by atoms with Gasteiger partial charge in [0.05, 0.1) is 30.5 Å². The quantitative estimate of drug-likeness (QED) is 0.630. The Kier molecular flexibility index (Phi) is 11.9. The molecule has 126 valence electrons. The zero-order valence-electron chi connectivity index (χ0n) is 12.7. The summed E-state index contributed by atoms with van der Waals surface area (Å²) in [6.45, 7) is 2.15. The van der Waals surface area contributed by atoms with Crippen molar-refractivity contribution in [3.05, 3.63) is 23.2 Å². The number of carbonyl (C=O) groups is 1. The van der Waals surface area contributed by atoms with Crippen LogP contribution < -0.4 is 15.4 Å². The first-order valence-corrected chi connectivity index (χ1v) is 6.96. The van der Waals surface area contributed by atoms with Gasteiger partial charge < -0.3 is 24.8 Å². The third-order valence-electron chi connectivity index (χ3n) is 2.54. The first-order chi connectivity index (χ1) is 10.2. The molecule has 1 amide bonds. The third-order valence-corrected chi connectivity index (χ3v) is 2.84. The Morgan fingerprint density at radius 3 is 2.59 bits per heavy atom. The van der Waals surface area contributed by atoms with Crippen molar-refractivity contribution < 1.29 is 19.0 Å². The molecule has 0 radical (unpaired) electrons. The van der Waals surface area contributed by atoms with Gasteiger partial charge in [-0.05, 0) is 12.1 Å². The molecule has 1 rings (SSSR count). The van der Waals surface area contributed by atoms with Crippen LogP contribution in [0.1, 0.15) is 0 Å². The first kappa shape index (κ1) is 20.9. The molecule has 1 aromatic carbocycles. The molecule has 0 aliphatic heterocycles. The summed E-state index contributed by atoms with van der Waals surface area (Å²) in [5.41, 5.74) is 0.539. The van der Waals surface area contributed by atoms with Crippen LogP contribution in [0.2, 0.25) is 5.02 Å².